The maximum absolute atomic E-state index is 12.4. The van der Waals surface area contributed by atoms with Gasteiger partial charge in [-0.05, 0) is 37.0 Å². The molecule has 1 aromatic carbocycles. The van der Waals surface area contributed by atoms with Crippen molar-refractivity contribution in [2.75, 3.05) is 20.8 Å². The molecule has 1 unspecified atom stereocenters. The lowest BCUT2D eigenvalue weighted by Crippen LogP contribution is -2.41. The van der Waals surface area contributed by atoms with Crippen LogP contribution in [0.15, 0.2) is 23.1 Å². The van der Waals surface area contributed by atoms with Gasteiger partial charge in [0.2, 0.25) is 10.0 Å². The fraction of sp³-hybridized carbons (Fsp3) is 0.500. The molecular formula is C14H21ClN2O5S. The molecule has 0 bridgehead atoms. The van der Waals surface area contributed by atoms with E-state index in [0.29, 0.717) is 0 Å². The van der Waals surface area contributed by atoms with Gasteiger partial charge in [0.25, 0.3) is 0 Å². The van der Waals surface area contributed by atoms with Crippen LogP contribution in [0.25, 0.3) is 0 Å². The second kappa shape index (κ2) is 7.96. The van der Waals surface area contributed by atoms with Gasteiger partial charge in [-0.25, -0.2) is 17.9 Å². The molecule has 3 N–H and O–H groups in total. The standard InChI is InChI=1S/C14H20N2O5S.ClH/c1-20-13-6-5-10(7-11(13)14(17)21-2)22(18,19)16-12(8-15)9-3-4-9;/h5-7,9,12,16H,3-4,8,15H2,1-2H3;1H. The predicted octanol–water partition coefficient (Wildman–Crippen LogP) is 0.919. The van der Waals surface area contributed by atoms with Gasteiger partial charge in [-0.3, -0.25) is 0 Å². The lowest BCUT2D eigenvalue weighted by molar-refractivity contribution is 0.0597. The van der Waals surface area contributed by atoms with Crippen LogP contribution in [0.1, 0.15) is 23.2 Å². The van der Waals surface area contributed by atoms with E-state index in [1.165, 1.54) is 32.4 Å². The van der Waals surface area contributed by atoms with Crippen molar-refractivity contribution in [1.29, 1.82) is 0 Å². The molecule has 1 aromatic rings. The highest BCUT2D eigenvalue weighted by Crippen LogP contribution is 2.33. The van der Waals surface area contributed by atoms with Crippen LogP contribution in [0.5, 0.6) is 5.75 Å². The maximum Gasteiger partial charge on any atom is 0.341 e. The number of sulfonamides is 1. The molecule has 7 nitrogen and oxygen atoms in total. The number of methoxy groups -OCH3 is 2. The second-order valence-electron chi connectivity index (χ2n) is 5.15. The topological polar surface area (TPSA) is 108 Å². The molecule has 23 heavy (non-hydrogen) atoms. The molecule has 1 fully saturated rings. The van der Waals surface area contributed by atoms with Crippen molar-refractivity contribution in [3.63, 3.8) is 0 Å². The molecule has 1 aliphatic carbocycles. The average molecular weight is 365 g/mol. The Morgan fingerprint density at radius 3 is 2.52 bits per heavy atom. The highest BCUT2D eigenvalue weighted by molar-refractivity contribution is 7.89. The number of nitrogens with two attached hydrogens (primary N) is 1. The van der Waals surface area contributed by atoms with Gasteiger partial charge in [0, 0.05) is 12.6 Å². The largest absolute Gasteiger partial charge is 0.496 e. The number of hydrogen-bond donors (Lipinski definition) is 2. The van der Waals surface area contributed by atoms with Crippen molar-refractivity contribution in [3.8, 4) is 5.75 Å². The maximum atomic E-state index is 12.4. The number of ether oxygens (including phenoxy) is 2. The monoisotopic (exact) mass is 364 g/mol. The lowest BCUT2D eigenvalue weighted by atomic mass is 10.2. The van der Waals surface area contributed by atoms with E-state index in [1.807, 2.05) is 0 Å². The summed E-state index contributed by atoms with van der Waals surface area (Å²) in [7, 11) is -1.14. The van der Waals surface area contributed by atoms with Crippen molar-refractivity contribution in [2.45, 2.75) is 23.8 Å². The van der Waals surface area contributed by atoms with Crippen molar-refractivity contribution in [2.24, 2.45) is 11.7 Å². The van der Waals surface area contributed by atoms with Crippen molar-refractivity contribution < 1.29 is 22.7 Å². The van der Waals surface area contributed by atoms with Crippen LogP contribution in [0.4, 0.5) is 0 Å². The Morgan fingerprint density at radius 2 is 2.04 bits per heavy atom. The van der Waals surface area contributed by atoms with Gasteiger partial charge >= 0.3 is 5.97 Å². The van der Waals surface area contributed by atoms with Crippen LogP contribution >= 0.6 is 12.4 Å². The first kappa shape index (κ1) is 19.7. The van der Waals surface area contributed by atoms with E-state index in [1.54, 1.807) is 0 Å². The third-order valence-electron chi connectivity index (χ3n) is 3.64. The summed E-state index contributed by atoms with van der Waals surface area (Å²) in [5.41, 5.74) is 5.68. The summed E-state index contributed by atoms with van der Waals surface area (Å²) in [6, 6.07) is 3.77. The molecule has 0 saturated heterocycles. The quantitative estimate of drug-likeness (QED) is 0.696. The Hall–Kier alpha value is -1.35. The number of benzene rings is 1. The SMILES string of the molecule is COC(=O)c1cc(S(=O)(=O)NC(CN)C2CC2)ccc1OC.Cl. The van der Waals surface area contributed by atoms with E-state index in [-0.39, 0.29) is 47.1 Å². The van der Waals surface area contributed by atoms with E-state index in [2.05, 4.69) is 9.46 Å². The summed E-state index contributed by atoms with van der Waals surface area (Å²) < 4.78 is 37.2. The molecule has 0 aliphatic heterocycles. The molecule has 1 atom stereocenters. The Balaban J connectivity index is 0.00000264. The number of halogens is 1. The van der Waals surface area contributed by atoms with Crippen LogP contribution in [0.3, 0.4) is 0 Å². The van der Waals surface area contributed by atoms with Gasteiger partial charge < -0.3 is 15.2 Å². The molecule has 9 heteroatoms. The number of nitrogens with one attached hydrogen (secondary N) is 1. The van der Waals surface area contributed by atoms with Crippen LogP contribution in [0.2, 0.25) is 0 Å². The Bertz CT molecular complexity index is 661. The van der Waals surface area contributed by atoms with Crippen molar-refractivity contribution in [1.82, 2.24) is 4.72 Å². The van der Waals surface area contributed by atoms with Gasteiger partial charge in [-0.15, -0.1) is 12.4 Å². The molecule has 1 saturated carbocycles. The molecule has 2 rings (SSSR count). The summed E-state index contributed by atoms with van der Waals surface area (Å²) in [6.07, 6.45) is 1.95. The zero-order valence-corrected chi connectivity index (χ0v) is 14.6. The molecule has 0 radical (unpaired) electrons. The number of esters is 1. The normalized spacial score (nSPS) is 15.4. The third-order valence-corrected chi connectivity index (χ3v) is 5.13. The van der Waals surface area contributed by atoms with Crippen molar-refractivity contribution in [3.05, 3.63) is 23.8 Å². The lowest BCUT2D eigenvalue weighted by Gasteiger charge is -2.17. The first-order chi connectivity index (χ1) is 10.4. The van der Waals surface area contributed by atoms with Crippen molar-refractivity contribution >= 4 is 28.4 Å². The smallest absolute Gasteiger partial charge is 0.341 e. The summed E-state index contributed by atoms with van der Waals surface area (Å²) in [6.45, 7) is 0.240. The Labute approximate surface area is 142 Å². The third kappa shape index (κ3) is 4.57. The number of carbonyl (C=O) groups excluding carboxylic acids is 1. The van der Waals surface area contributed by atoms with E-state index in [0.717, 1.165) is 12.8 Å². The zero-order chi connectivity index (χ0) is 16.3. The van der Waals surface area contributed by atoms with Crippen LogP contribution < -0.4 is 15.2 Å². The highest BCUT2D eigenvalue weighted by Gasteiger charge is 2.33. The highest BCUT2D eigenvalue weighted by atomic mass is 35.5. The first-order valence-electron chi connectivity index (χ1n) is 6.91. The van der Waals surface area contributed by atoms with Gasteiger partial charge in [0.15, 0.2) is 0 Å². The second-order valence-corrected chi connectivity index (χ2v) is 6.87. The Morgan fingerprint density at radius 1 is 1.39 bits per heavy atom. The first-order valence-corrected chi connectivity index (χ1v) is 8.40. The van der Waals surface area contributed by atoms with E-state index >= 15 is 0 Å². The van der Waals surface area contributed by atoms with Crippen LogP contribution in [0, 0.1) is 5.92 Å². The van der Waals surface area contributed by atoms with Gasteiger partial charge in [-0.2, -0.15) is 0 Å². The van der Waals surface area contributed by atoms with Gasteiger partial charge in [0.05, 0.1) is 19.1 Å². The predicted molar refractivity (Wildman–Crippen MR) is 87.5 cm³/mol. The van der Waals surface area contributed by atoms with E-state index in [4.69, 9.17) is 10.5 Å². The molecule has 0 aromatic heterocycles. The van der Waals surface area contributed by atoms with Gasteiger partial charge in [-0.1, -0.05) is 0 Å². The number of carbonyl (C=O) groups is 1. The summed E-state index contributed by atoms with van der Waals surface area (Å²) in [4.78, 5) is 11.7. The number of hydrogen-bond acceptors (Lipinski definition) is 6. The fourth-order valence-electron chi connectivity index (χ4n) is 2.23. The minimum Gasteiger partial charge on any atom is -0.496 e. The summed E-state index contributed by atoms with van der Waals surface area (Å²) in [5.74, 6) is -0.118. The summed E-state index contributed by atoms with van der Waals surface area (Å²) in [5, 5.41) is 0. The molecular weight excluding hydrogens is 344 g/mol. The molecule has 1 aliphatic rings. The molecule has 0 amide bonds. The molecule has 130 valence electrons. The van der Waals surface area contributed by atoms with Crippen LogP contribution in [-0.4, -0.2) is 41.2 Å². The summed E-state index contributed by atoms with van der Waals surface area (Å²) >= 11 is 0. The average Bonchev–Trinajstić information content (AvgIpc) is 3.35. The molecule has 0 heterocycles. The fourth-order valence-corrected chi connectivity index (χ4v) is 3.57. The Kier molecular flexibility index (Phi) is 6.82. The minimum atomic E-state index is -3.76. The molecule has 0 spiro atoms. The minimum absolute atomic E-state index is 0. The number of rotatable bonds is 7. The van der Waals surface area contributed by atoms with E-state index in [9.17, 15) is 13.2 Å². The zero-order valence-electron chi connectivity index (χ0n) is 12.9. The van der Waals surface area contributed by atoms with Gasteiger partial charge in [0.1, 0.15) is 11.3 Å². The van der Waals surface area contributed by atoms with Crippen LogP contribution in [-0.2, 0) is 14.8 Å². The van der Waals surface area contributed by atoms with E-state index < -0.39 is 16.0 Å².